The fourth-order valence-corrected chi connectivity index (χ4v) is 3.08. The minimum atomic E-state index is -0.617. The Bertz CT molecular complexity index is 1070. The van der Waals surface area contributed by atoms with Crippen molar-refractivity contribution in [1.82, 2.24) is 19.3 Å². The van der Waals surface area contributed by atoms with Gasteiger partial charge in [-0.3, -0.25) is 9.36 Å². The molecule has 3 aromatic heterocycles. The molecule has 0 radical (unpaired) electrons. The molecular formula is C16H14N6O3S. The summed E-state index contributed by atoms with van der Waals surface area (Å²) in [6, 6.07) is 5.45. The first kappa shape index (κ1) is 17.4. The topological polar surface area (TPSA) is 129 Å². The number of thiophene rings is 1. The molecular weight excluding hydrogens is 356 g/mol. The van der Waals surface area contributed by atoms with Gasteiger partial charge in [-0.2, -0.15) is 15.0 Å². The van der Waals surface area contributed by atoms with Crippen LogP contribution in [0.4, 0.5) is 5.82 Å². The zero-order chi connectivity index (χ0) is 18.8. The highest BCUT2D eigenvalue weighted by Crippen LogP contribution is 2.26. The summed E-state index contributed by atoms with van der Waals surface area (Å²) in [6.45, 7) is 1.87. The van der Waals surface area contributed by atoms with Gasteiger partial charge >= 0.3 is 5.97 Å². The number of nitrogens with two attached hydrogens (primary N) is 1. The Morgan fingerprint density at radius 3 is 2.88 bits per heavy atom. The highest BCUT2D eigenvalue weighted by atomic mass is 32.1. The van der Waals surface area contributed by atoms with Crippen LogP contribution in [0.1, 0.15) is 22.8 Å². The molecule has 26 heavy (non-hydrogen) atoms. The number of rotatable bonds is 4. The van der Waals surface area contributed by atoms with E-state index in [1.165, 1.54) is 29.3 Å². The molecule has 0 spiro atoms. The van der Waals surface area contributed by atoms with Crippen molar-refractivity contribution in [3.05, 3.63) is 45.2 Å². The minimum absolute atomic E-state index is 0.00668. The molecule has 3 aromatic rings. The Balaban J connectivity index is 2.23. The number of nitrogen functional groups attached to an aromatic ring is 1. The van der Waals surface area contributed by atoms with Crippen molar-refractivity contribution >= 4 is 23.1 Å². The fourth-order valence-electron chi connectivity index (χ4n) is 2.36. The summed E-state index contributed by atoms with van der Waals surface area (Å²) in [5.74, 6) is -0.536. The van der Waals surface area contributed by atoms with Gasteiger partial charge in [0.15, 0.2) is 0 Å². The third-order valence-electron chi connectivity index (χ3n) is 3.62. The van der Waals surface area contributed by atoms with Crippen LogP contribution in [0.15, 0.2) is 28.5 Å². The average molecular weight is 370 g/mol. The maximum absolute atomic E-state index is 12.6. The molecule has 132 valence electrons. The van der Waals surface area contributed by atoms with E-state index >= 15 is 0 Å². The monoisotopic (exact) mass is 370 g/mol. The van der Waals surface area contributed by atoms with Gasteiger partial charge in [-0.1, -0.05) is 6.07 Å². The van der Waals surface area contributed by atoms with Crippen LogP contribution in [0.25, 0.3) is 16.5 Å². The molecule has 0 amide bonds. The smallest absolute Gasteiger partial charge is 0.343 e. The Labute approximate surface area is 151 Å². The number of anilines is 1. The van der Waals surface area contributed by atoms with Gasteiger partial charge < -0.3 is 10.5 Å². The molecule has 0 bridgehead atoms. The average Bonchev–Trinajstić information content (AvgIpc) is 3.27. The van der Waals surface area contributed by atoms with E-state index in [1.54, 1.807) is 19.1 Å². The van der Waals surface area contributed by atoms with Gasteiger partial charge in [0.05, 0.1) is 17.7 Å². The van der Waals surface area contributed by atoms with E-state index in [-0.39, 0.29) is 35.2 Å². The van der Waals surface area contributed by atoms with Crippen LogP contribution in [0.2, 0.25) is 0 Å². The highest BCUT2D eigenvalue weighted by molar-refractivity contribution is 7.13. The van der Waals surface area contributed by atoms with Crippen LogP contribution in [0.5, 0.6) is 0 Å². The number of carbonyl (C=O) groups excluding carboxylic acids is 1. The van der Waals surface area contributed by atoms with Crippen LogP contribution >= 0.6 is 11.3 Å². The van der Waals surface area contributed by atoms with Crippen molar-refractivity contribution in [2.75, 3.05) is 12.3 Å². The Kier molecular flexibility index (Phi) is 4.55. The summed E-state index contributed by atoms with van der Waals surface area (Å²) in [7, 11) is 1.45. The van der Waals surface area contributed by atoms with E-state index in [2.05, 4.69) is 10.1 Å². The normalized spacial score (nSPS) is 10.5. The molecule has 0 saturated heterocycles. The SMILES string of the molecule is CCOC(=O)c1cnn(-c2nc(-c3cccs3)c(C#N)c(=O)n2C)c1N. The quantitative estimate of drug-likeness (QED) is 0.686. The van der Waals surface area contributed by atoms with Crippen molar-refractivity contribution in [3.63, 3.8) is 0 Å². The van der Waals surface area contributed by atoms with E-state index in [1.807, 2.05) is 11.4 Å². The van der Waals surface area contributed by atoms with E-state index in [0.29, 0.717) is 4.88 Å². The minimum Gasteiger partial charge on any atom is -0.462 e. The maximum atomic E-state index is 12.6. The molecule has 0 aliphatic heterocycles. The van der Waals surface area contributed by atoms with Crippen LogP contribution in [-0.2, 0) is 11.8 Å². The van der Waals surface area contributed by atoms with Gasteiger partial charge in [0.2, 0.25) is 5.95 Å². The molecule has 9 nitrogen and oxygen atoms in total. The van der Waals surface area contributed by atoms with Gasteiger partial charge in [-0.25, -0.2) is 9.78 Å². The van der Waals surface area contributed by atoms with Crippen molar-refractivity contribution in [1.29, 1.82) is 5.26 Å². The number of nitrogens with zero attached hydrogens (tertiary/aromatic N) is 5. The van der Waals surface area contributed by atoms with Crippen molar-refractivity contribution in [2.45, 2.75) is 6.92 Å². The third-order valence-corrected chi connectivity index (χ3v) is 4.50. The number of hydrogen-bond acceptors (Lipinski definition) is 8. The zero-order valence-electron chi connectivity index (χ0n) is 14.0. The lowest BCUT2D eigenvalue weighted by atomic mass is 10.2. The number of nitriles is 1. The van der Waals surface area contributed by atoms with E-state index in [4.69, 9.17) is 10.5 Å². The van der Waals surface area contributed by atoms with E-state index in [9.17, 15) is 14.9 Å². The molecule has 2 N–H and O–H groups in total. The predicted molar refractivity (Wildman–Crippen MR) is 95.0 cm³/mol. The molecule has 0 aromatic carbocycles. The highest BCUT2D eigenvalue weighted by Gasteiger charge is 2.22. The molecule has 0 unspecified atom stereocenters. The van der Waals surface area contributed by atoms with Crippen molar-refractivity contribution in [3.8, 4) is 22.6 Å². The molecule has 10 heteroatoms. The summed E-state index contributed by atoms with van der Waals surface area (Å²) in [6.07, 6.45) is 1.25. The lowest BCUT2D eigenvalue weighted by Crippen LogP contribution is -2.27. The van der Waals surface area contributed by atoms with Crippen LogP contribution in [0.3, 0.4) is 0 Å². The summed E-state index contributed by atoms with van der Waals surface area (Å²) in [5, 5.41) is 15.2. The lowest BCUT2D eigenvalue weighted by molar-refractivity contribution is 0.0527. The van der Waals surface area contributed by atoms with Crippen LogP contribution in [-0.4, -0.2) is 31.9 Å². The summed E-state index contributed by atoms with van der Waals surface area (Å²) < 4.78 is 7.26. The second-order valence-corrected chi connectivity index (χ2v) is 6.11. The second kappa shape index (κ2) is 6.81. The molecule has 0 aliphatic rings. The number of carbonyl (C=O) groups is 1. The fraction of sp³-hybridized carbons (Fsp3) is 0.188. The Morgan fingerprint density at radius 1 is 1.50 bits per heavy atom. The summed E-state index contributed by atoms with van der Waals surface area (Å²) in [5.41, 5.74) is 5.71. The van der Waals surface area contributed by atoms with E-state index in [0.717, 1.165) is 4.57 Å². The predicted octanol–water partition coefficient (Wildman–Crippen LogP) is 1.33. The number of ether oxygens (including phenoxy) is 1. The van der Waals surface area contributed by atoms with Gasteiger partial charge in [0.25, 0.3) is 5.56 Å². The van der Waals surface area contributed by atoms with Gasteiger partial charge in [-0.15, -0.1) is 11.3 Å². The number of esters is 1. The molecule has 0 aliphatic carbocycles. The van der Waals surface area contributed by atoms with Gasteiger partial charge in [0.1, 0.15) is 28.7 Å². The van der Waals surface area contributed by atoms with Crippen LogP contribution < -0.4 is 11.3 Å². The summed E-state index contributed by atoms with van der Waals surface area (Å²) >= 11 is 1.35. The van der Waals surface area contributed by atoms with Gasteiger partial charge in [0, 0.05) is 7.05 Å². The largest absolute Gasteiger partial charge is 0.462 e. The molecule has 3 rings (SSSR count). The maximum Gasteiger partial charge on any atom is 0.343 e. The first-order chi connectivity index (χ1) is 12.5. The molecule has 3 heterocycles. The molecule has 0 atom stereocenters. The summed E-state index contributed by atoms with van der Waals surface area (Å²) in [4.78, 5) is 29.6. The lowest BCUT2D eigenvalue weighted by Gasteiger charge is -2.11. The van der Waals surface area contributed by atoms with Gasteiger partial charge in [-0.05, 0) is 18.4 Å². The first-order valence-corrected chi connectivity index (χ1v) is 8.43. The number of hydrogen-bond donors (Lipinski definition) is 1. The third kappa shape index (κ3) is 2.74. The second-order valence-electron chi connectivity index (χ2n) is 5.16. The van der Waals surface area contributed by atoms with Crippen molar-refractivity contribution < 1.29 is 9.53 Å². The Hall–Kier alpha value is -3.45. The standard InChI is InChI=1S/C16H14N6O3S/c1-3-25-15(24)10-8-19-22(13(10)18)16-20-12(11-5-4-6-26-11)9(7-17)14(23)21(16)2/h4-6,8H,3,18H2,1-2H3. The zero-order valence-corrected chi connectivity index (χ0v) is 14.8. The first-order valence-electron chi connectivity index (χ1n) is 7.55. The Morgan fingerprint density at radius 2 is 2.27 bits per heavy atom. The number of aromatic nitrogens is 4. The molecule has 0 saturated carbocycles. The van der Waals surface area contributed by atoms with Crippen LogP contribution in [0, 0.1) is 11.3 Å². The molecule has 0 fully saturated rings. The van der Waals surface area contributed by atoms with Crippen molar-refractivity contribution in [2.24, 2.45) is 7.05 Å². The van der Waals surface area contributed by atoms with E-state index < -0.39 is 11.5 Å².